The van der Waals surface area contributed by atoms with Crippen molar-refractivity contribution >= 4 is 5.91 Å². The van der Waals surface area contributed by atoms with Crippen molar-refractivity contribution in [3.63, 3.8) is 0 Å². The van der Waals surface area contributed by atoms with Crippen LogP contribution in [0.15, 0.2) is 16.5 Å². The molecule has 5 nitrogen and oxygen atoms in total. The zero-order valence-electron chi connectivity index (χ0n) is 14.5. The number of carbonyl (C=O) groups is 1. The zero-order valence-corrected chi connectivity index (χ0v) is 14.5. The Morgan fingerprint density at radius 3 is 3.00 bits per heavy atom. The molecule has 3 fully saturated rings. The van der Waals surface area contributed by atoms with Gasteiger partial charge in [-0.3, -0.25) is 4.79 Å². The Kier molecular flexibility index (Phi) is 4.39. The van der Waals surface area contributed by atoms with E-state index in [4.69, 9.17) is 13.9 Å². The normalized spacial score (nSPS) is 30.2. The predicted octanol–water partition coefficient (Wildman–Crippen LogP) is 3.03. The van der Waals surface area contributed by atoms with E-state index in [0.29, 0.717) is 18.9 Å². The zero-order chi connectivity index (χ0) is 16.6. The van der Waals surface area contributed by atoms with Crippen molar-refractivity contribution in [1.82, 2.24) is 4.90 Å². The summed E-state index contributed by atoms with van der Waals surface area (Å²) >= 11 is 0. The van der Waals surface area contributed by atoms with Crippen LogP contribution >= 0.6 is 0 Å². The molecule has 3 aliphatic rings. The summed E-state index contributed by atoms with van der Waals surface area (Å²) in [6, 6.07) is 3.62. The average molecular weight is 333 g/mol. The molecule has 1 aromatic heterocycles. The molecule has 132 valence electrons. The highest BCUT2D eigenvalue weighted by Gasteiger charge is 2.47. The second kappa shape index (κ2) is 6.52. The third kappa shape index (κ3) is 3.24. The maximum absolute atomic E-state index is 12.8. The standard InChI is InChI=1S/C19H27NO4/c1-14-3-6-16(24-14)18(21)20-9-7-17-19(12-20,8-2-10-23-17)13-22-11-15-4-5-15/h3,6,15,17H,2,4-5,7-13H2,1H3/t17-,19+/m0/s1. The van der Waals surface area contributed by atoms with Gasteiger partial charge in [0, 0.05) is 31.7 Å². The Morgan fingerprint density at radius 1 is 1.38 bits per heavy atom. The van der Waals surface area contributed by atoms with Crippen LogP contribution in [0, 0.1) is 18.3 Å². The molecule has 0 aromatic carbocycles. The summed E-state index contributed by atoms with van der Waals surface area (Å²) in [7, 11) is 0. The maximum atomic E-state index is 12.8. The van der Waals surface area contributed by atoms with Crippen molar-refractivity contribution < 1.29 is 18.7 Å². The molecule has 0 spiro atoms. The van der Waals surface area contributed by atoms with Crippen LogP contribution < -0.4 is 0 Å². The fourth-order valence-corrected chi connectivity index (χ4v) is 4.09. The molecule has 1 aromatic rings. The summed E-state index contributed by atoms with van der Waals surface area (Å²) in [4.78, 5) is 14.7. The highest BCUT2D eigenvalue weighted by molar-refractivity contribution is 5.91. The second-order valence-electron chi connectivity index (χ2n) is 7.71. The van der Waals surface area contributed by atoms with Gasteiger partial charge in [-0.25, -0.2) is 0 Å². The van der Waals surface area contributed by atoms with E-state index in [-0.39, 0.29) is 17.4 Å². The Bertz CT molecular complexity index is 594. The first-order valence-corrected chi connectivity index (χ1v) is 9.21. The van der Waals surface area contributed by atoms with Crippen LogP contribution in [0.1, 0.15) is 48.4 Å². The van der Waals surface area contributed by atoms with Crippen LogP contribution in [0.3, 0.4) is 0 Å². The molecular weight excluding hydrogens is 306 g/mol. The molecule has 3 heterocycles. The van der Waals surface area contributed by atoms with Crippen LogP contribution in [0.4, 0.5) is 0 Å². The Labute approximate surface area is 143 Å². The Morgan fingerprint density at radius 2 is 2.25 bits per heavy atom. The molecule has 0 bridgehead atoms. The average Bonchev–Trinajstić information content (AvgIpc) is 3.32. The summed E-state index contributed by atoms with van der Waals surface area (Å²) < 4.78 is 17.6. The minimum atomic E-state index is -0.0529. The number of ether oxygens (including phenoxy) is 2. The van der Waals surface area contributed by atoms with E-state index in [1.165, 1.54) is 12.8 Å². The predicted molar refractivity (Wildman–Crippen MR) is 88.9 cm³/mol. The molecule has 4 rings (SSSR count). The number of furan rings is 1. The number of amides is 1. The van der Waals surface area contributed by atoms with E-state index in [1.807, 2.05) is 17.9 Å². The highest BCUT2D eigenvalue weighted by atomic mass is 16.5. The third-order valence-electron chi connectivity index (χ3n) is 5.67. The lowest BCUT2D eigenvalue weighted by atomic mass is 9.73. The van der Waals surface area contributed by atoms with Crippen molar-refractivity contribution in [3.05, 3.63) is 23.7 Å². The number of hydrogen-bond donors (Lipinski definition) is 0. The van der Waals surface area contributed by atoms with E-state index in [2.05, 4.69) is 0 Å². The smallest absolute Gasteiger partial charge is 0.289 e. The van der Waals surface area contributed by atoms with Gasteiger partial charge in [-0.1, -0.05) is 0 Å². The summed E-state index contributed by atoms with van der Waals surface area (Å²) in [6.45, 7) is 5.70. The van der Waals surface area contributed by atoms with Gasteiger partial charge >= 0.3 is 0 Å². The first-order valence-electron chi connectivity index (χ1n) is 9.21. The van der Waals surface area contributed by atoms with Crippen molar-refractivity contribution in [2.75, 3.05) is 32.9 Å². The molecule has 24 heavy (non-hydrogen) atoms. The van der Waals surface area contributed by atoms with Gasteiger partial charge in [0.05, 0.1) is 12.7 Å². The fraction of sp³-hybridized carbons (Fsp3) is 0.737. The molecular formula is C19H27NO4. The number of likely N-dealkylation sites (tertiary alicyclic amines) is 1. The highest BCUT2D eigenvalue weighted by Crippen LogP contribution is 2.41. The monoisotopic (exact) mass is 333 g/mol. The van der Waals surface area contributed by atoms with Crippen molar-refractivity contribution in [1.29, 1.82) is 0 Å². The lowest BCUT2D eigenvalue weighted by molar-refractivity contribution is -0.147. The molecule has 2 aliphatic heterocycles. The Hall–Kier alpha value is -1.33. The molecule has 2 saturated heterocycles. The Balaban J connectivity index is 1.46. The van der Waals surface area contributed by atoms with Gasteiger partial charge < -0.3 is 18.8 Å². The summed E-state index contributed by atoms with van der Waals surface area (Å²) in [5.41, 5.74) is -0.0529. The van der Waals surface area contributed by atoms with Gasteiger partial charge in [-0.15, -0.1) is 0 Å². The van der Waals surface area contributed by atoms with Crippen molar-refractivity contribution in [2.45, 2.75) is 45.1 Å². The van der Waals surface area contributed by atoms with Gasteiger partial charge in [0.25, 0.3) is 5.91 Å². The topological polar surface area (TPSA) is 51.9 Å². The maximum Gasteiger partial charge on any atom is 0.289 e. The fourth-order valence-electron chi connectivity index (χ4n) is 4.09. The molecule has 2 atom stereocenters. The number of fused-ring (bicyclic) bond motifs is 1. The first kappa shape index (κ1) is 16.2. The summed E-state index contributed by atoms with van der Waals surface area (Å²) in [6.07, 6.45) is 5.82. The largest absolute Gasteiger partial charge is 0.456 e. The van der Waals surface area contributed by atoms with E-state index in [0.717, 1.165) is 50.7 Å². The van der Waals surface area contributed by atoms with Gasteiger partial charge in [0.2, 0.25) is 0 Å². The molecule has 0 N–H and O–H groups in total. The van der Waals surface area contributed by atoms with E-state index >= 15 is 0 Å². The van der Waals surface area contributed by atoms with E-state index < -0.39 is 0 Å². The number of aryl methyl sites for hydroxylation is 1. The molecule has 0 radical (unpaired) electrons. The number of rotatable bonds is 5. The minimum absolute atomic E-state index is 0.00584. The van der Waals surface area contributed by atoms with Gasteiger partial charge in [0.15, 0.2) is 5.76 Å². The van der Waals surface area contributed by atoms with Gasteiger partial charge in [-0.2, -0.15) is 0 Å². The van der Waals surface area contributed by atoms with Gasteiger partial charge in [-0.05, 0) is 57.1 Å². The van der Waals surface area contributed by atoms with Crippen LogP contribution in [0.5, 0.6) is 0 Å². The number of nitrogens with zero attached hydrogens (tertiary/aromatic N) is 1. The molecule has 5 heteroatoms. The molecule has 1 aliphatic carbocycles. The molecule has 0 unspecified atom stereocenters. The molecule has 1 amide bonds. The van der Waals surface area contributed by atoms with Gasteiger partial charge in [0.1, 0.15) is 5.76 Å². The number of carbonyl (C=O) groups excluding carboxylic acids is 1. The summed E-state index contributed by atoms with van der Waals surface area (Å²) in [5, 5.41) is 0. The molecule has 1 saturated carbocycles. The lowest BCUT2D eigenvalue weighted by Crippen LogP contribution is -2.58. The number of piperidine rings is 1. The SMILES string of the molecule is Cc1ccc(C(=O)N2CC[C@@H]3OCCC[C@]3(COCC3CC3)C2)o1. The minimum Gasteiger partial charge on any atom is -0.456 e. The quantitative estimate of drug-likeness (QED) is 0.831. The summed E-state index contributed by atoms with van der Waals surface area (Å²) in [5.74, 6) is 1.97. The van der Waals surface area contributed by atoms with Crippen LogP contribution in [0.2, 0.25) is 0 Å². The third-order valence-corrected chi connectivity index (χ3v) is 5.67. The van der Waals surface area contributed by atoms with Crippen LogP contribution in [-0.4, -0.2) is 49.8 Å². The van der Waals surface area contributed by atoms with E-state index in [9.17, 15) is 4.79 Å². The van der Waals surface area contributed by atoms with Crippen LogP contribution in [-0.2, 0) is 9.47 Å². The van der Waals surface area contributed by atoms with E-state index in [1.54, 1.807) is 6.07 Å². The first-order chi connectivity index (χ1) is 11.7. The number of hydrogen-bond acceptors (Lipinski definition) is 4. The van der Waals surface area contributed by atoms with Crippen LogP contribution in [0.25, 0.3) is 0 Å². The second-order valence-corrected chi connectivity index (χ2v) is 7.71. The van der Waals surface area contributed by atoms with Crippen molar-refractivity contribution in [3.8, 4) is 0 Å². The lowest BCUT2D eigenvalue weighted by Gasteiger charge is -2.50. The van der Waals surface area contributed by atoms with Crippen molar-refractivity contribution in [2.24, 2.45) is 11.3 Å².